The number of aryl methyl sites for hydroxylation is 1. The lowest BCUT2D eigenvalue weighted by Crippen LogP contribution is -2.44. The van der Waals surface area contributed by atoms with Crippen LogP contribution in [0.5, 0.6) is 0 Å². The molecule has 0 aliphatic carbocycles. The van der Waals surface area contributed by atoms with Gasteiger partial charge in [0.25, 0.3) is 0 Å². The summed E-state index contributed by atoms with van der Waals surface area (Å²) >= 11 is 0. The van der Waals surface area contributed by atoms with E-state index in [0.717, 1.165) is 32.7 Å². The standard InChI is InChI=1S/C8H16N2O.C7H8/c1-8(11)2-5-10-6-3-9-4-7-10;1-7-5-3-2-4-6-7/h9H,2-7H2,1H3;2-6H,1H3. The van der Waals surface area contributed by atoms with Gasteiger partial charge >= 0.3 is 0 Å². The fourth-order valence-corrected chi connectivity index (χ4v) is 1.78. The fourth-order valence-electron chi connectivity index (χ4n) is 1.78. The maximum atomic E-state index is 10.6. The SMILES string of the molecule is CC(=O)CCN1CCNCC1.Cc1ccccc1. The zero-order valence-electron chi connectivity index (χ0n) is 11.5. The Morgan fingerprint density at radius 3 is 2.28 bits per heavy atom. The smallest absolute Gasteiger partial charge is 0.131 e. The maximum absolute atomic E-state index is 10.6. The predicted octanol–water partition coefficient (Wildman–Crippen LogP) is 1.87. The van der Waals surface area contributed by atoms with Crippen molar-refractivity contribution in [1.82, 2.24) is 10.2 Å². The predicted molar refractivity (Wildman–Crippen MR) is 75.8 cm³/mol. The molecular weight excluding hydrogens is 224 g/mol. The average molecular weight is 248 g/mol. The molecule has 1 aliphatic heterocycles. The highest BCUT2D eigenvalue weighted by Crippen LogP contribution is 1.94. The minimum atomic E-state index is 0.295. The molecule has 1 aromatic carbocycles. The molecule has 0 spiro atoms. The molecule has 3 heteroatoms. The molecule has 100 valence electrons. The lowest BCUT2D eigenvalue weighted by atomic mass is 10.2. The molecule has 0 unspecified atom stereocenters. The number of Topliss-reactive ketones (excluding diaryl/α,β-unsaturated/α-hetero) is 1. The number of benzene rings is 1. The van der Waals surface area contributed by atoms with Gasteiger partial charge in [0, 0.05) is 39.1 Å². The molecule has 2 rings (SSSR count). The van der Waals surface area contributed by atoms with Gasteiger partial charge in [0.15, 0.2) is 0 Å². The highest BCUT2D eigenvalue weighted by molar-refractivity contribution is 5.75. The Morgan fingerprint density at radius 1 is 1.22 bits per heavy atom. The topological polar surface area (TPSA) is 32.3 Å². The first-order valence-electron chi connectivity index (χ1n) is 6.62. The largest absolute Gasteiger partial charge is 0.314 e. The van der Waals surface area contributed by atoms with Crippen LogP contribution < -0.4 is 5.32 Å². The van der Waals surface area contributed by atoms with Gasteiger partial charge in [-0.3, -0.25) is 4.79 Å². The van der Waals surface area contributed by atoms with Crippen LogP contribution in [0.2, 0.25) is 0 Å². The Hall–Kier alpha value is -1.19. The third-order valence-corrected chi connectivity index (χ3v) is 2.93. The molecule has 0 radical (unpaired) electrons. The minimum Gasteiger partial charge on any atom is -0.314 e. The van der Waals surface area contributed by atoms with Crippen LogP contribution in [0.1, 0.15) is 18.9 Å². The van der Waals surface area contributed by atoms with Crippen molar-refractivity contribution in [3.05, 3.63) is 35.9 Å². The van der Waals surface area contributed by atoms with E-state index in [9.17, 15) is 4.79 Å². The Labute approximate surface area is 110 Å². The first kappa shape index (κ1) is 14.9. The molecule has 1 aliphatic rings. The Morgan fingerprint density at radius 2 is 1.83 bits per heavy atom. The van der Waals surface area contributed by atoms with E-state index in [1.54, 1.807) is 6.92 Å². The number of carbonyl (C=O) groups excluding carboxylic acids is 1. The second-order valence-corrected chi connectivity index (χ2v) is 4.70. The second-order valence-electron chi connectivity index (χ2n) is 4.70. The van der Waals surface area contributed by atoms with Gasteiger partial charge < -0.3 is 10.2 Å². The van der Waals surface area contributed by atoms with E-state index in [2.05, 4.69) is 29.3 Å². The Kier molecular flexibility index (Phi) is 7.30. The first-order valence-corrected chi connectivity index (χ1v) is 6.62. The molecule has 3 nitrogen and oxygen atoms in total. The number of piperazine rings is 1. The summed E-state index contributed by atoms with van der Waals surface area (Å²) in [6, 6.07) is 10.3. The van der Waals surface area contributed by atoms with Gasteiger partial charge in [-0.25, -0.2) is 0 Å². The summed E-state index contributed by atoms with van der Waals surface area (Å²) in [7, 11) is 0. The quantitative estimate of drug-likeness (QED) is 0.886. The molecule has 1 aromatic rings. The summed E-state index contributed by atoms with van der Waals surface area (Å²) in [6.45, 7) is 9.00. The first-order chi connectivity index (χ1) is 8.68. The molecule has 0 saturated carbocycles. The number of nitrogens with zero attached hydrogens (tertiary/aromatic N) is 1. The number of ketones is 1. The molecule has 1 heterocycles. The van der Waals surface area contributed by atoms with Crippen LogP contribution in [0.3, 0.4) is 0 Å². The summed E-state index contributed by atoms with van der Waals surface area (Å²) in [5, 5.41) is 3.28. The van der Waals surface area contributed by atoms with Crippen molar-refractivity contribution < 1.29 is 4.79 Å². The molecule has 18 heavy (non-hydrogen) atoms. The normalized spacial score (nSPS) is 15.7. The van der Waals surface area contributed by atoms with E-state index in [0.29, 0.717) is 12.2 Å². The molecular formula is C15H24N2O. The third-order valence-electron chi connectivity index (χ3n) is 2.93. The van der Waals surface area contributed by atoms with Gasteiger partial charge in [0.05, 0.1) is 0 Å². The zero-order chi connectivity index (χ0) is 13.2. The summed E-state index contributed by atoms with van der Waals surface area (Å²) in [4.78, 5) is 13.0. The van der Waals surface area contributed by atoms with E-state index in [1.807, 2.05) is 18.2 Å². The fraction of sp³-hybridized carbons (Fsp3) is 0.533. The molecule has 0 aromatic heterocycles. The van der Waals surface area contributed by atoms with Crippen molar-refractivity contribution in [3.8, 4) is 0 Å². The molecule has 0 bridgehead atoms. The van der Waals surface area contributed by atoms with Gasteiger partial charge in [0.1, 0.15) is 5.78 Å². The summed E-state index contributed by atoms with van der Waals surface area (Å²) < 4.78 is 0. The van der Waals surface area contributed by atoms with E-state index in [1.165, 1.54) is 5.56 Å². The molecule has 1 saturated heterocycles. The third kappa shape index (κ3) is 7.20. The van der Waals surface area contributed by atoms with Crippen molar-refractivity contribution in [3.63, 3.8) is 0 Å². The Bertz CT molecular complexity index is 332. The van der Waals surface area contributed by atoms with Crippen molar-refractivity contribution >= 4 is 5.78 Å². The molecule has 1 N–H and O–H groups in total. The van der Waals surface area contributed by atoms with Crippen molar-refractivity contribution in [2.75, 3.05) is 32.7 Å². The number of nitrogens with one attached hydrogen (secondary N) is 1. The van der Waals surface area contributed by atoms with Crippen LogP contribution in [-0.4, -0.2) is 43.4 Å². The highest BCUT2D eigenvalue weighted by Gasteiger charge is 2.08. The van der Waals surface area contributed by atoms with Crippen LogP contribution in [0, 0.1) is 6.92 Å². The number of rotatable bonds is 3. The van der Waals surface area contributed by atoms with Gasteiger partial charge in [-0.1, -0.05) is 35.9 Å². The van der Waals surface area contributed by atoms with Gasteiger partial charge in [-0.05, 0) is 13.8 Å². The van der Waals surface area contributed by atoms with Gasteiger partial charge in [0.2, 0.25) is 0 Å². The van der Waals surface area contributed by atoms with Gasteiger partial charge in [-0.2, -0.15) is 0 Å². The van der Waals surface area contributed by atoms with Crippen molar-refractivity contribution in [2.24, 2.45) is 0 Å². The lowest BCUT2D eigenvalue weighted by molar-refractivity contribution is -0.117. The summed E-state index contributed by atoms with van der Waals surface area (Å²) in [6.07, 6.45) is 0.708. The Balaban J connectivity index is 0.000000199. The van der Waals surface area contributed by atoms with Crippen LogP contribution in [0.15, 0.2) is 30.3 Å². The molecule has 1 fully saturated rings. The second kappa shape index (κ2) is 8.84. The van der Waals surface area contributed by atoms with Gasteiger partial charge in [-0.15, -0.1) is 0 Å². The van der Waals surface area contributed by atoms with E-state index < -0.39 is 0 Å². The van der Waals surface area contributed by atoms with Crippen LogP contribution >= 0.6 is 0 Å². The number of hydrogen-bond donors (Lipinski definition) is 1. The monoisotopic (exact) mass is 248 g/mol. The molecule has 0 amide bonds. The number of carbonyl (C=O) groups is 1. The van der Waals surface area contributed by atoms with Crippen LogP contribution in [-0.2, 0) is 4.79 Å². The number of hydrogen-bond acceptors (Lipinski definition) is 3. The molecule has 0 atom stereocenters. The lowest BCUT2D eigenvalue weighted by Gasteiger charge is -2.26. The van der Waals surface area contributed by atoms with Crippen molar-refractivity contribution in [2.45, 2.75) is 20.3 Å². The summed E-state index contributed by atoms with van der Waals surface area (Å²) in [5.74, 6) is 0.295. The maximum Gasteiger partial charge on any atom is 0.131 e. The van der Waals surface area contributed by atoms with Crippen LogP contribution in [0.4, 0.5) is 0 Å². The van der Waals surface area contributed by atoms with E-state index in [4.69, 9.17) is 0 Å². The van der Waals surface area contributed by atoms with Crippen LogP contribution in [0.25, 0.3) is 0 Å². The van der Waals surface area contributed by atoms with Crippen molar-refractivity contribution in [1.29, 1.82) is 0 Å². The average Bonchev–Trinajstić information content (AvgIpc) is 2.39. The van der Waals surface area contributed by atoms with E-state index >= 15 is 0 Å². The zero-order valence-corrected chi connectivity index (χ0v) is 11.5. The van der Waals surface area contributed by atoms with E-state index in [-0.39, 0.29) is 0 Å². The highest BCUT2D eigenvalue weighted by atomic mass is 16.1. The summed E-state index contributed by atoms with van der Waals surface area (Å²) in [5.41, 5.74) is 1.32. The minimum absolute atomic E-state index is 0.295.